The summed E-state index contributed by atoms with van der Waals surface area (Å²) in [5, 5.41) is 5.57. The molecule has 1 aliphatic heterocycles. The van der Waals surface area contributed by atoms with Crippen molar-refractivity contribution in [3.8, 4) is 17.3 Å². The molecule has 42 heavy (non-hydrogen) atoms. The smallest absolute Gasteiger partial charge is 0.159 e. The number of aromatic amines is 1. The van der Waals surface area contributed by atoms with E-state index in [0.29, 0.717) is 18.2 Å². The van der Waals surface area contributed by atoms with Gasteiger partial charge in [-0.1, -0.05) is 48.0 Å². The van der Waals surface area contributed by atoms with Crippen molar-refractivity contribution >= 4 is 59.9 Å². The molecule has 224 valence electrons. The number of aromatic nitrogens is 4. The Morgan fingerprint density at radius 2 is 1.62 bits per heavy atom. The Morgan fingerprint density at radius 1 is 0.857 bits per heavy atom. The number of hydrogen-bond acceptors (Lipinski definition) is 5. The molecule has 0 spiro atoms. The van der Waals surface area contributed by atoms with Crippen molar-refractivity contribution in [1.82, 2.24) is 29.5 Å². The van der Waals surface area contributed by atoms with Gasteiger partial charge in [-0.05, 0) is 61.5 Å². The van der Waals surface area contributed by atoms with Crippen molar-refractivity contribution < 1.29 is 4.74 Å². The number of hydrogen-bond donors (Lipinski definition) is 1. The fourth-order valence-corrected chi connectivity index (χ4v) is 5.23. The van der Waals surface area contributed by atoms with Gasteiger partial charge in [0.2, 0.25) is 0 Å². The molecule has 0 saturated carbocycles. The van der Waals surface area contributed by atoms with Gasteiger partial charge in [0.25, 0.3) is 0 Å². The van der Waals surface area contributed by atoms with Crippen molar-refractivity contribution in [3.63, 3.8) is 0 Å². The van der Waals surface area contributed by atoms with Crippen LogP contribution in [-0.4, -0.2) is 62.8 Å². The molecule has 1 aliphatic rings. The molecule has 11 heteroatoms. The van der Waals surface area contributed by atoms with E-state index in [1.165, 1.54) is 5.56 Å². The predicted molar refractivity (Wildman–Crippen MR) is 178 cm³/mol. The molecule has 3 aromatic carbocycles. The maximum absolute atomic E-state index is 6.36. The van der Waals surface area contributed by atoms with Crippen molar-refractivity contribution in [3.05, 3.63) is 100 Å². The molecule has 7 nitrogen and oxygen atoms in total. The molecule has 5 aromatic rings. The van der Waals surface area contributed by atoms with Gasteiger partial charge in [-0.25, -0.2) is 4.98 Å². The summed E-state index contributed by atoms with van der Waals surface area (Å²) >= 11 is 6.36. The van der Waals surface area contributed by atoms with Crippen LogP contribution in [0.2, 0.25) is 5.02 Å². The zero-order valence-electron chi connectivity index (χ0n) is 23.6. The molecule has 0 aliphatic carbocycles. The largest absolute Gasteiger partial charge is 0.489 e. The van der Waals surface area contributed by atoms with Crippen molar-refractivity contribution in [1.29, 1.82) is 0 Å². The van der Waals surface area contributed by atoms with Crippen LogP contribution in [0.15, 0.2) is 72.8 Å². The van der Waals surface area contributed by atoms with Gasteiger partial charge < -0.3 is 14.6 Å². The number of ether oxygens (including phenoxy) is 1. The Labute approximate surface area is 270 Å². The standard InChI is InChI=1S/C31H33ClN6O.3ClH/c1-22-16-29(31-33-27-10-8-24(17-28(27)34-31)19-37-14-12-36(2)13-15-37)35-38(22)20-25-18-26(32)9-11-30(25)39-21-23-6-4-3-5-7-23;;;/h3-11,16-18H,12-15,19-21H2,1-2H3,(H,33,34);3*1H. The first-order chi connectivity index (χ1) is 19.0. The van der Waals surface area contributed by atoms with E-state index >= 15 is 0 Å². The Bertz CT molecular complexity index is 1580. The molecule has 3 heterocycles. The highest BCUT2D eigenvalue weighted by Gasteiger charge is 2.16. The third kappa shape index (κ3) is 7.98. The van der Waals surface area contributed by atoms with Crippen molar-refractivity contribution in [2.75, 3.05) is 33.2 Å². The van der Waals surface area contributed by atoms with E-state index in [4.69, 9.17) is 26.4 Å². The minimum Gasteiger partial charge on any atom is -0.489 e. The predicted octanol–water partition coefficient (Wildman–Crippen LogP) is 7.03. The van der Waals surface area contributed by atoms with Crippen LogP contribution in [0.5, 0.6) is 5.75 Å². The van der Waals surface area contributed by atoms with E-state index in [1.807, 2.05) is 41.1 Å². The molecule has 1 saturated heterocycles. The molecule has 6 rings (SSSR count). The van der Waals surface area contributed by atoms with Gasteiger partial charge >= 0.3 is 0 Å². The Morgan fingerprint density at radius 3 is 2.38 bits per heavy atom. The summed E-state index contributed by atoms with van der Waals surface area (Å²) in [6.45, 7) is 8.50. The van der Waals surface area contributed by atoms with Crippen LogP contribution in [0.1, 0.15) is 22.4 Å². The number of piperazine rings is 1. The lowest BCUT2D eigenvalue weighted by Crippen LogP contribution is -2.43. The van der Waals surface area contributed by atoms with Crippen LogP contribution in [0.3, 0.4) is 0 Å². The average Bonchev–Trinajstić information content (AvgIpc) is 3.53. The maximum Gasteiger partial charge on any atom is 0.159 e. The molecular formula is C31H36Cl4N6O. The van der Waals surface area contributed by atoms with Crippen LogP contribution < -0.4 is 4.74 Å². The number of nitrogens with zero attached hydrogens (tertiary/aromatic N) is 5. The van der Waals surface area contributed by atoms with Gasteiger partial charge in [0, 0.05) is 49.0 Å². The number of benzene rings is 3. The quantitative estimate of drug-likeness (QED) is 0.196. The summed E-state index contributed by atoms with van der Waals surface area (Å²) in [4.78, 5) is 13.2. The van der Waals surface area contributed by atoms with Gasteiger partial charge in [0.1, 0.15) is 18.1 Å². The van der Waals surface area contributed by atoms with Gasteiger partial charge in [0.05, 0.1) is 17.6 Å². The third-order valence-corrected chi connectivity index (χ3v) is 7.59. The molecule has 1 N–H and O–H groups in total. The van der Waals surface area contributed by atoms with Crippen LogP contribution in [0, 0.1) is 6.92 Å². The first kappa shape index (κ1) is 33.7. The molecule has 1 fully saturated rings. The number of halogens is 4. The van der Waals surface area contributed by atoms with E-state index in [1.54, 1.807) is 0 Å². The van der Waals surface area contributed by atoms with Crippen molar-refractivity contribution in [2.45, 2.75) is 26.6 Å². The number of fused-ring (bicyclic) bond motifs is 1. The molecule has 0 radical (unpaired) electrons. The molecule has 0 bridgehead atoms. The normalized spacial score (nSPS) is 13.7. The first-order valence-corrected chi connectivity index (χ1v) is 13.8. The lowest BCUT2D eigenvalue weighted by atomic mass is 10.1. The van der Waals surface area contributed by atoms with Gasteiger partial charge in [-0.3, -0.25) is 9.58 Å². The van der Waals surface area contributed by atoms with Crippen LogP contribution in [-0.2, 0) is 19.7 Å². The van der Waals surface area contributed by atoms with E-state index in [-0.39, 0.29) is 37.2 Å². The van der Waals surface area contributed by atoms with E-state index in [0.717, 1.165) is 77.8 Å². The molecule has 0 amide bonds. The minimum atomic E-state index is 0. The Hall–Kier alpha value is -2.78. The fourth-order valence-electron chi connectivity index (χ4n) is 5.04. The number of nitrogens with one attached hydrogen (secondary N) is 1. The monoisotopic (exact) mass is 648 g/mol. The summed E-state index contributed by atoms with van der Waals surface area (Å²) < 4.78 is 8.14. The minimum absolute atomic E-state index is 0. The second kappa shape index (κ2) is 15.1. The van der Waals surface area contributed by atoms with Crippen LogP contribution in [0.4, 0.5) is 0 Å². The molecule has 2 aromatic heterocycles. The SMILES string of the molecule is Cc1cc(-c2nc3ccc(CN4CCN(C)CC4)cc3[nH]2)nn1Cc1cc(Cl)ccc1OCc1ccccc1.Cl.Cl.Cl. The van der Waals surface area contributed by atoms with E-state index < -0.39 is 0 Å². The highest BCUT2D eigenvalue weighted by molar-refractivity contribution is 6.30. The Balaban J connectivity index is 0.00000161. The average molecular weight is 650 g/mol. The lowest BCUT2D eigenvalue weighted by Gasteiger charge is -2.32. The van der Waals surface area contributed by atoms with Gasteiger partial charge in [-0.2, -0.15) is 5.10 Å². The highest BCUT2D eigenvalue weighted by atomic mass is 35.5. The lowest BCUT2D eigenvalue weighted by molar-refractivity contribution is 0.148. The molecular weight excluding hydrogens is 614 g/mol. The van der Waals surface area contributed by atoms with Crippen LogP contribution >= 0.6 is 48.8 Å². The maximum atomic E-state index is 6.36. The zero-order valence-corrected chi connectivity index (χ0v) is 26.8. The molecule has 0 atom stereocenters. The summed E-state index contributed by atoms with van der Waals surface area (Å²) in [6.07, 6.45) is 0. The topological polar surface area (TPSA) is 62.2 Å². The second-order valence-electron chi connectivity index (χ2n) is 10.4. The van der Waals surface area contributed by atoms with Gasteiger partial charge in [-0.15, -0.1) is 37.2 Å². The van der Waals surface area contributed by atoms with E-state index in [2.05, 4.69) is 65.2 Å². The number of H-pyrrole nitrogens is 1. The fraction of sp³-hybridized carbons (Fsp3) is 0.290. The highest BCUT2D eigenvalue weighted by Crippen LogP contribution is 2.27. The summed E-state index contributed by atoms with van der Waals surface area (Å²) in [5.74, 6) is 1.58. The number of likely N-dealkylation sites (N-methyl/N-ethyl adjacent to an activating group) is 1. The van der Waals surface area contributed by atoms with E-state index in [9.17, 15) is 0 Å². The summed E-state index contributed by atoms with van der Waals surface area (Å²) in [6, 6.07) is 24.5. The third-order valence-electron chi connectivity index (χ3n) is 7.35. The first-order valence-electron chi connectivity index (χ1n) is 13.4. The Kier molecular flexibility index (Phi) is 12.1. The van der Waals surface area contributed by atoms with Gasteiger partial charge in [0.15, 0.2) is 5.82 Å². The van der Waals surface area contributed by atoms with Crippen LogP contribution in [0.25, 0.3) is 22.6 Å². The number of imidazole rings is 1. The van der Waals surface area contributed by atoms with Crippen molar-refractivity contribution in [2.24, 2.45) is 0 Å². The summed E-state index contributed by atoms with van der Waals surface area (Å²) in [7, 11) is 2.19. The number of aryl methyl sites for hydroxylation is 1. The zero-order chi connectivity index (χ0) is 26.8. The molecule has 0 unspecified atom stereocenters. The number of rotatable bonds is 8. The second-order valence-corrected chi connectivity index (χ2v) is 10.8. The summed E-state index contributed by atoms with van der Waals surface area (Å²) in [5.41, 5.74) is 7.24.